The molecular weight excluding hydrogens is 390 g/mol. The van der Waals surface area contributed by atoms with E-state index >= 15 is 0 Å². The zero-order valence-electron chi connectivity index (χ0n) is 17.0. The Morgan fingerprint density at radius 3 is 2.48 bits per heavy atom. The van der Waals surface area contributed by atoms with Crippen LogP contribution in [0.3, 0.4) is 0 Å². The molecule has 7 heteroatoms. The van der Waals surface area contributed by atoms with Gasteiger partial charge in [0.15, 0.2) is 5.69 Å². The van der Waals surface area contributed by atoms with E-state index in [1.807, 2.05) is 68.4 Å². The van der Waals surface area contributed by atoms with Gasteiger partial charge in [-0.15, -0.1) is 10.2 Å². The lowest BCUT2D eigenvalue weighted by Crippen LogP contribution is -2.20. The summed E-state index contributed by atoms with van der Waals surface area (Å²) >= 11 is 0. The van der Waals surface area contributed by atoms with Crippen LogP contribution in [0.15, 0.2) is 81.8 Å². The van der Waals surface area contributed by atoms with Crippen LogP contribution in [-0.2, 0) is 0 Å². The number of azo groups is 1. The van der Waals surface area contributed by atoms with Gasteiger partial charge in [-0.2, -0.15) is 0 Å². The number of aromatic nitrogens is 3. The minimum absolute atomic E-state index is 0.0915. The summed E-state index contributed by atoms with van der Waals surface area (Å²) in [6.07, 6.45) is 0. The molecule has 0 saturated carbocycles. The van der Waals surface area contributed by atoms with Gasteiger partial charge in [-0.05, 0) is 43.7 Å². The van der Waals surface area contributed by atoms with Crippen LogP contribution in [0, 0.1) is 13.8 Å². The van der Waals surface area contributed by atoms with Gasteiger partial charge < -0.3 is 10.1 Å². The maximum absolute atomic E-state index is 13.4. The summed E-state index contributed by atoms with van der Waals surface area (Å²) in [4.78, 5) is 20.9. The highest BCUT2D eigenvalue weighted by Gasteiger charge is 2.15. The summed E-state index contributed by atoms with van der Waals surface area (Å²) in [5, 5.41) is 20.1. The molecule has 2 aromatic heterocycles. The van der Waals surface area contributed by atoms with Crippen molar-refractivity contribution < 1.29 is 5.11 Å². The number of aromatic hydroxyl groups is 1. The first-order valence-electron chi connectivity index (χ1n) is 9.84. The van der Waals surface area contributed by atoms with Gasteiger partial charge in [0.2, 0.25) is 5.88 Å². The standard InChI is InChI=1S/C24H19N5O2/c1-14-11-12-20(15(2)13-14)29-23(31)17-8-4-6-10-19(17)26-24(29)28-27-21-16-7-3-5-9-18(16)25-22(21)30/h3-13,25,30H,1-2H3. The second-order valence-electron chi connectivity index (χ2n) is 7.43. The number of hydrogen-bond acceptors (Lipinski definition) is 5. The highest BCUT2D eigenvalue weighted by Crippen LogP contribution is 2.36. The van der Waals surface area contributed by atoms with Crippen LogP contribution in [0.4, 0.5) is 11.6 Å². The van der Waals surface area contributed by atoms with Gasteiger partial charge in [0.1, 0.15) is 0 Å². The van der Waals surface area contributed by atoms with E-state index in [9.17, 15) is 9.90 Å². The van der Waals surface area contributed by atoms with Crippen LogP contribution < -0.4 is 5.56 Å². The molecule has 0 aliphatic heterocycles. The fourth-order valence-electron chi connectivity index (χ4n) is 3.77. The zero-order chi connectivity index (χ0) is 21.5. The smallest absolute Gasteiger partial charge is 0.267 e. The van der Waals surface area contributed by atoms with Gasteiger partial charge in [-0.25, -0.2) is 9.55 Å². The van der Waals surface area contributed by atoms with Gasteiger partial charge in [-0.1, -0.05) is 48.0 Å². The molecule has 0 spiro atoms. The maximum Gasteiger partial charge on any atom is 0.267 e. The summed E-state index contributed by atoms with van der Waals surface area (Å²) in [5.74, 6) is 0.0477. The van der Waals surface area contributed by atoms with Crippen molar-refractivity contribution >= 4 is 33.4 Å². The first-order valence-corrected chi connectivity index (χ1v) is 9.84. The minimum Gasteiger partial charge on any atom is -0.493 e. The largest absolute Gasteiger partial charge is 0.493 e. The van der Waals surface area contributed by atoms with Gasteiger partial charge in [0.05, 0.1) is 22.1 Å². The number of hydrogen-bond donors (Lipinski definition) is 2. The molecule has 0 amide bonds. The Morgan fingerprint density at radius 1 is 0.935 bits per heavy atom. The third kappa shape index (κ3) is 3.16. The molecule has 7 nitrogen and oxygen atoms in total. The molecule has 2 heterocycles. The minimum atomic E-state index is -0.227. The Bertz CT molecular complexity index is 1550. The Morgan fingerprint density at radius 2 is 1.68 bits per heavy atom. The van der Waals surface area contributed by atoms with Crippen LogP contribution in [0.5, 0.6) is 5.88 Å². The van der Waals surface area contributed by atoms with Crippen molar-refractivity contribution in [1.82, 2.24) is 14.5 Å². The fraction of sp³-hybridized carbons (Fsp3) is 0.0833. The molecule has 0 saturated heterocycles. The lowest BCUT2D eigenvalue weighted by molar-refractivity contribution is 0.459. The predicted molar refractivity (Wildman–Crippen MR) is 121 cm³/mol. The van der Waals surface area contributed by atoms with Crippen LogP contribution in [0.25, 0.3) is 27.5 Å². The molecule has 2 N–H and O–H groups in total. The average Bonchev–Trinajstić information content (AvgIpc) is 3.08. The Kier molecular flexibility index (Phi) is 4.36. The third-order valence-corrected chi connectivity index (χ3v) is 5.25. The van der Waals surface area contributed by atoms with Crippen LogP contribution in [-0.4, -0.2) is 19.6 Å². The van der Waals surface area contributed by atoms with E-state index in [1.165, 1.54) is 4.57 Å². The number of nitrogens with one attached hydrogen (secondary N) is 1. The van der Waals surface area contributed by atoms with E-state index in [0.29, 0.717) is 22.3 Å². The quantitative estimate of drug-likeness (QED) is 0.379. The normalized spacial score (nSPS) is 11.7. The summed E-state index contributed by atoms with van der Waals surface area (Å²) in [7, 11) is 0. The van der Waals surface area contributed by atoms with Crippen molar-refractivity contribution in [3.8, 4) is 11.6 Å². The van der Waals surface area contributed by atoms with E-state index < -0.39 is 0 Å². The van der Waals surface area contributed by atoms with E-state index in [-0.39, 0.29) is 17.4 Å². The van der Waals surface area contributed by atoms with Crippen molar-refractivity contribution in [2.45, 2.75) is 13.8 Å². The molecule has 0 unspecified atom stereocenters. The summed E-state index contributed by atoms with van der Waals surface area (Å²) in [6, 6.07) is 20.4. The Labute approximate surface area is 177 Å². The third-order valence-electron chi connectivity index (χ3n) is 5.25. The number of aromatic amines is 1. The Balaban J connectivity index is 1.77. The van der Waals surface area contributed by atoms with Crippen LogP contribution in [0.2, 0.25) is 0 Å². The molecule has 0 fully saturated rings. The molecule has 0 aliphatic carbocycles. The molecule has 5 aromatic rings. The van der Waals surface area contributed by atoms with Crippen molar-refractivity contribution in [2.75, 3.05) is 0 Å². The molecule has 31 heavy (non-hydrogen) atoms. The van der Waals surface area contributed by atoms with E-state index in [4.69, 9.17) is 0 Å². The average molecular weight is 409 g/mol. The highest BCUT2D eigenvalue weighted by molar-refractivity contribution is 5.94. The number of rotatable bonds is 3. The molecular formula is C24H19N5O2. The summed E-state index contributed by atoms with van der Waals surface area (Å²) in [5.41, 5.74) is 4.05. The monoisotopic (exact) mass is 409 g/mol. The SMILES string of the molecule is Cc1ccc(-n2c(N=Nc3c(O)[nH]c4ccccc34)nc3ccccc3c2=O)c(C)c1. The second-order valence-corrected chi connectivity index (χ2v) is 7.43. The molecule has 0 aliphatic rings. The molecule has 0 bridgehead atoms. The number of para-hydroxylation sites is 2. The molecule has 0 radical (unpaired) electrons. The molecule has 152 valence electrons. The van der Waals surface area contributed by atoms with Gasteiger partial charge in [-0.3, -0.25) is 4.79 Å². The lowest BCUT2D eigenvalue weighted by Gasteiger charge is -2.13. The number of nitrogens with zero attached hydrogens (tertiary/aromatic N) is 4. The van der Waals surface area contributed by atoms with Gasteiger partial charge in [0.25, 0.3) is 11.5 Å². The van der Waals surface area contributed by atoms with Crippen LogP contribution >= 0.6 is 0 Å². The van der Waals surface area contributed by atoms with E-state index in [0.717, 1.165) is 22.0 Å². The van der Waals surface area contributed by atoms with E-state index in [2.05, 4.69) is 20.2 Å². The van der Waals surface area contributed by atoms with Crippen molar-refractivity contribution in [3.05, 3.63) is 88.2 Å². The highest BCUT2D eigenvalue weighted by atomic mass is 16.3. The van der Waals surface area contributed by atoms with Crippen molar-refractivity contribution in [1.29, 1.82) is 0 Å². The van der Waals surface area contributed by atoms with Crippen molar-refractivity contribution in [3.63, 3.8) is 0 Å². The van der Waals surface area contributed by atoms with Gasteiger partial charge in [0, 0.05) is 5.39 Å². The number of benzene rings is 3. The number of fused-ring (bicyclic) bond motifs is 2. The van der Waals surface area contributed by atoms with Gasteiger partial charge >= 0.3 is 0 Å². The first-order chi connectivity index (χ1) is 15.0. The topological polar surface area (TPSA) is 95.6 Å². The number of H-pyrrole nitrogens is 1. The van der Waals surface area contributed by atoms with Crippen LogP contribution in [0.1, 0.15) is 11.1 Å². The fourth-order valence-corrected chi connectivity index (χ4v) is 3.77. The molecule has 5 rings (SSSR count). The summed E-state index contributed by atoms with van der Waals surface area (Å²) < 4.78 is 1.46. The predicted octanol–water partition coefficient (Wildman–Crippen LogP) is 5.60. The number of aryl methyl sites for hydroxylation is 2. The lowest BCUT2D eigenvalue weighted by atomic mass is 10.1. The van der Waals surface area contributed by atoms with E-state index in [1.54, 1.807) is 12.1 Å². The first kappa shape index (κ1) is 18.7. The molecule has 3 aromatic carbocycles. The maximum atomic E-state index is 13.4. The Hall–Kier alpha value is -4.26. The molecule has 0 atom stereocenters. The second kappa shape index (κ2) is 7.21. The summed E-state index contributed by atoms with van der Waals surface area (Å²) in [6.45, 7) is 3.94. The zero-order valence-corrected chi connectivity index (χ0v) is 17.0. The van der Waals surface area contributed by atoms with Crippen molar-refractivity contribution in [2.24, 2.45) is 10.2 Å².